The van der Waals surface area contributed by atoms with E-state index in [2.05, 4.69) is 26.0 Å². The summed E-state index contributed by atoms with van der Waals surface area (Å²) in [7, 11) is 2.13. The predicted molar refractivity (Wildman–Crippen MR) is 93.8 cm³/mol. The number of hydrogen-bond acceptors (Lipinski definition) is 4. The van der Waals surface area contributed by atoms with Crippen LogP contribution in [0.15, 0.2) is 29.1 Å². The minimum Gasteiger partial charge on any atom is -0.458 e. The highest BCUT2D eigenvalue weighted by Crippen LogP contribution is 2.11. The molecule has 0 N–H and O–H groups in total. The van der Waals surface area contributed by atoms with Crippen LogP contribution in [0.5, 0.6) is 0 Å². The van der Waals surface area contributed by atoms with E-state index in [1.165, 1.54) is 4.68 Å². The fourth-order valence-corrected chi connectivity index (χ4v) is 2.60. The zero-order valence-electron chi connectivity index (χ0n) is 14.9. The molecule has 0 unspecified atom stereocenters. The quantitative estimate of drug-likeness (QED) is 0.572. The molecule has 0 fully saturated rings. The topological polar surface area (TPSA) is 61.2 Å². The monoisotopic (exact) mass is 332 g/mol. The minimum atomic E-state index is -0.432. The number of rotatable bonds is 7. The van der Waals surface area contributed by atoms with Crippen LogP contribution in [0.25, 0.3) is 10.8 Å². The van der Waals surface area contributed by atoms with Gasteiger partial charge in [-0.2, -0.15) is 5.10 Å². The molecule has 0 aliphatic heterocycles. The van der Waals surface area contributed by atoms with Crippen LogP contribution < -0.4 is 5.56 Å². The second-order valence-electron chi connectivity index (χ2n) is 6.29. The highest BCUT2D eigenvalue weighted by Gasteiger charge is 2.17. The number of nitrogens with zero attached hydrogens (tertiary/aromatic N) is 3. The third-order valence-corrected chi connectivity index (χ3v) is 4.75. The van der Waals surface area contributed by atoms with E-state index in [-0.39, 0.29) is 12.1 Å². The van der Waals surface area contributed by atoms with Crippen LogP contribution in [0.4, 0.5) is 0 Å². The Balaban J connectivity index is 2.06. The van der Waals surface area contributed by atoms with Gasteiger partial charge in [0.1, 0.15) is 19.7 Å². The van der Waals surface area contributed by atoms with Crippen molar-refractivity contribution in [3.05, 3.63) is 40.3 Å². The molecule has 0 amide bonds. The molecule has 2 aromatic rings. The zero-order valence-corrected chi connectivity index (χ0v) is 14.9. The van der Waals surface area contributed by atoms with Gasteiger partial charge in [-0.05, 0) is 26.8 Å². The summed E-state index contributed by atoms with van der Waals surface area (Å²) in [4.78, 5) is 24.5. The normalized spacial score (nSPS) is 11.7. The fraction of sp³-hybridized carbons (Fsp3) is 0.500. The van der Waals surface area contributed by atoms with Gasteiger partial charge in [0.05, 0.1) is 31.2 Å². The van der Waals surface area contributed by atoms with E-state index in [0.29, 0.717) is 12.0 Å². The minimum absolute atomic E-state index is 0.160. The molecule has 0 aliphatic carbocycles. The van der Waals surface area contributed by atoms with Crippen molar-refractivity contribution >= 4 is 16.7 Å². The van der Waals surface area contributed by atoms with Crippen LogP contribution in [-0.2, 0) is 16.1 Å². The van der Waals surface area contributed by atoms with Crippen LogP contribution in [0.2, 0.25) is 0 Å². The molecule has 0 aliphatic rings. The molecule has 24 heavy (non-hydrogen) atoms. The molecule has 130 valence electrons. The number of quaternary nitrogens is 1. The largest absolute Gasteiger partial charge is 0.458 e. The van der Waals surface area contributed by atoms with Gasteiger partial charge in [-0.15, -0.1) is 0 Å². The van der Waals surface area contributed by atoms with E-state index < -0.39 is 5.97 Å². The van der Waals surface area contributed by atoms with E-state index in [1.807, 2.05) is 19.1 Å². The second-order valence-corrected chi connectivity index (χ2v) is 6.29. The summed E-state index contributed by atoms with van der Waals surface area (Å²) >= 11 is 0. The number of aromatic nitrogens is 2. The molecule has 6 heteroatoms. The van der Waals surface area contributed by atoms with Gasteiger partial charge < -0.3 is 9.22 Å². The van der Waals surface area contributed by atoms with Gasteiger partial charge in [-0.25, -0.2) is 4.68 Å². The predicted octanol–water partition coefficient (Wildman–Crippen LogP) is 1.73. The molecular formula is C18H26N3O3+. The average molecular weight is 332 g/mol. The Morgan fingerprint density at radius 1 is 1.21 bits per heavy atom. The second kappa shape index (κ2) is 7.57. The van der Waals surface area contributed by atoms with Gasteiger partial charge in [-0.1, -0.05) is 18.2 Å². The number of carbonyl (C=O) groups is 1. The van der Waals surface area contributed by atoms with Crippen LogP contribution in [0.1, 0.15) is 19.5 Å². The summed E-state index contributed by atoms with van der Waals surface area (Å²) in [6.07, 6.45) is 0. The van der Waals surface area contributed by atoms with Crippen molar-refractivity contribution in [1.29, 1.82) is 0 Å². The molecule has 0 spiro atoms. The first-order valence-electron chi connectivity index (χ1n) is 8.36. The first-order chi connectivity index (χ1) is 11.4. The maximum absolute atomic E-state index is 12.4. The number of aryl methyl sites for hydroxylation is 1. The lowest BCUT2D eigenvalue weighted by Gasteiger charge is -2.31. The summed E-state index contributed by atoms with van der Waals surface area (Å²) in [5, 5.41) is 5.61. The van der Waals surface area contributed by atoms with E-state index >= 15 is 0 Å². The summed E-state index contributed by atoms with van der Waals surface area (Å²) in [6, 6.07) is 7.28. The van der Waals surface area contributed by atoms with Crippen molar-refractivity contribution in [2.24, 2.45) is 0 Å². The standard InChI is InChI=1S/C18H26N3O3/c1-5-21(4,6-2)11-12-24-17(22)13-20-18(23)16-10-8-7-9-15(16)14(3)19-20/h7-10H,5-6,11-13H2,1-4H3/q+1. The Bertz CT molecular complexity index is 779. The molecule has 0 saturated heterocycles. The van der Waals surface area contributed by atoms with Gasteiger partial charge in [0.2, 0.25) is 0 Å². The first-order valence-corrected chi connectivity index (χ1v) is 8.36. The Labute approximate surface area is 142 Å². The van der Waals surface area contributed by atoms with Gasteiger partial charge >= 0.3 is 5.97 Å². The van der Waals surface area contributed by atoms with E-state index in [4.69, 9.17) is 4.74 Å². The molecular weight excluding hydrogens is 306 g/mol. The van der Waals surface area contributed by atoms with Crippen molar-refractivity contribution in [3.63, 3.8) is 0 Å². The molecule has 1 aromatic carbocycles. The van der Waals surface area contributed by atoms with E-state index in [9.17, 15) is 9.59 Å². The zero-order chi connectivity index (χ0) is 17.7. The smallest absolute Gasteiger partial charge is 0.328 e. The van der Waals surface area contributed by atoms with Crippen molar-refractivity contribution < 1.29 is 14.0 Å². The van der Waals surface area contributed by atoms with Gasteiger partial charge in [-0.3, -0.25) is 9.59 Å². The molecule has 0 radical (unpaired) electrons. The molecule has 0 saturated carbocycles. The Morgan fingerprint density at radius 2 is 1.83 bits per heavy atom. The number of ether oxygens (including phenoxy) is 1. The summed E-state index contributed by atoms with van der Waals surface area (Å²) in [6.45, 7) is 8.98. The summed E-state index contributed by atoms with van der Waals surface area (Å²) in [5.74, 6) is -0.432. The fourth-order valence-electron chi connectivity index (χ4n) is 2.60. The highest BCUT2D eigenvalue weighted by atomic mass is 16.5. The number of likely N-dealkylation sites (N-methyl/N-ethyl adjacent to an activating group) is 1. The molecule has 0 bridgehead atoms. The van der Waals surface area contributed by atoms with Gasteiger partial charge in [0, 0.05) is 5.39 Å². The molecule has 1 heterocycles. The molecule has 6 nitrogen and oxygen atoms in total. The number of benzene rings is 1. The maximum atomic E-state index is 12.4. The van der Waals surface area contributed by atoms with Crippen LogP contribution >= 0.6 is 0 Å². The van der Waals surface area contributed by atoms with Crippen molar-refractivity contribution in [2.75, 3.05) is 33.3 Å². The van der Waals surface area contributed by atoms with Crippen LogP contribution in [0.3, 0.4) is 0 Å². The maximum Gasteiger partial charge on any atom is 0.328 e. The first kappa shape index (κ1) is 18.1. The highest BCUT2D eigenvalue weighted by molar-refractivity contribution is 5.83. The van der Waals surface area contributed by atoms with Gasteiger partial charge in [0.15, 0.2) is 0 Å². The van der Waals surface area contributed by atoms with Gasteiger partial charge in [0.25, 0.3) is 5.56 Å². The Morgan fingerprint density at radius 3 is 2.46 bits per heavy atom. The number of hydrogen-bond donors (Lipinski definition) is 0. The van der Waals surface area contributed by atoms with E-state index in [1.54, 1.807) is 12.1 Å². The lowest BCUT2D eigenvalue weighted by atomic mass is 10.1. The number of carbonyl (C=O) groups excluding carboxylic acids is 1. The molecule has 1 aromatic heterocycles. The third kappa shape index (κ3) is 4.00. The summed E-state index contributed by atoms with van der Waals surface area (Å²) < 4.78 is 7.33. The number of fused-ring (bicyclic) bond motifs is 1. The Hall–Kier alpha value is -2.21. The average Bonchev–Trinajstić information content (AvgIpc) is 2.59. The van der Waals surface area contributed by atoms with Crippen molar-refractivity contribution in [2.45, 2.75) is 27.3 Å². The molecule has 0 atom stereocenters. The number of esters is 1. The lowest BCUT2D eigenvalue weighted by Crippen LogP contribution is -2.46. The van der Waals surface area contributed by atoms with Crippen LogP contribution in [-0.4, -0.2) is 53.5 Å². The Kier molecular flexibility index (Phi) is 5.72. The van der Waals surface area contributed by atoms with E-state index in [0.717, 1.165) is 35.2 Å². The van der Waals surface area contributed by atoms with Crippen molar-refractivity contribution in [1.82, 2.24) is 9.78 Å². The molecule has 2 rings (SSSR count). The van der Waals surface area contributed by atoms with Crippen LogP contribution in [0, 0.1) is 6.92 Å². The SMILES string of the molecule is CC[N+](C)(CC)CCOC(=O)Cn1nc(C)c2ccccc2c1=O. The lowest BCUT2D eigenvalue weighted by molar-refractivity contribution is -0.906. The summed E-state index contributed by atoms with van der Waals surface area (Å²) in [5.41, 5.74) is 0.454. The van der Waals surface area contributed by atoms with Crippen molar-refractivity contribution in [3.8, 4) is 0 Å². The third-order valence-electron chi connectivity index (χ3n) is 4.75.